The number of benzene rings is 2. The molecule has 0 radical (unpaired) electrons. The van der Waals surface area contributed by atoms with Gasteiger partial charge in [0.2, 0.25) is 0 Å². The topological polar surface area (TPSA) is 81.4 Å². The number of nitrogens with zero attached hydrogens (tertiary/aromatic N) is 1. The molecule has 32 heavy (non-hydrogen) atoms. The summed E-state index contributed by atoms with van der Waals surface area (Å²) in [6.07, 6.45) is 2.61. The van der Waals surface area contributed by atoms with Gasteiger partial charge in [0.1, 0.15) is 11.3 Å². The molecule has 0 atom stereocenters. The fourth-order valence-electron chi connectivity index (χ4n) is 3.98. The molecular weight excluding hydrogens is 448 g/mol. The standard InChI is InChI=1S/C24H19ClN2O4S/c1-13-22(14-5-7-15(25)8-6-14)27-24(32-13)26-21(28)12-30-16-9-10-18-17-3-2-4-19(17)23(29)31-20(18)11-16/h5-11H,2-4,12H2,1H3,(H,26,27,28). The maximum absolute atomic E-state index is 12.4. The van der Waals surface area contributed by atoms with Crippen LogP contribution in [0.25, 0.3) is 22.2 Å². The summed E-state index contributed by atoms with van der Waals surface area (Å²) in [6.45, 7) is 1.77. The van der Waals surface area contributed by atoms with Crippen molar-refractivity contribution in [1.82, 2.24) is 4.98 Å². The van der Waals surface area contributed by atoms with Crippen molar-refractivity contribution in [2.45, 2.75) is 26.2 Å². The number of thiazole rings is 1. The van der Waals surface area contributed by atoms with E-state index in [1.807, 2.05) is 37.3 Å². The molecule has 1 amide bonds. The van der Waals surface area contributed by atoms with Gasteiger partial charge in [-0.05, 0) is 56.0 Å². The lowest BCUT2D eigenvalue weighted by atomic mass is 10.1. The maximum atomic E-state index is 12.4. The molecule has 1 aliphatic rings. The van der Waals surface area contributed by atoms with Crippen LogP contribution in [0.5, 0.6) is 5.75 Å². The van der Waals surface area contributed by atoms with Crippen LogP contribution in [0.15, 0.2) is 51.7 Å². The van der Waals surface area contributed by atoms with E-state index in [0.717, 1.165) is 51.9 Å². The molecule has 0 saturated carbocycles. The zero-order valence-electron chi connectivity index (χ0n) is 17.2. The quantitative estimate of drug-likeness (QED) is 0.399. The zero-order valence-corrected chi connectivity index (χ0v) is 18.8. The van der Waals surface area contributed by atoms with Crippen LogP contribution in [-0.2, 0) is 17.6 Å². The van der Waals surface area contributed by atoms with Crippen LogP contribution in [0.4, 0.5) is 5.13 Å². The van der Waals surface area contributed by atoms with Gasteiger partial charge in [-0.15, -0.1) is 11.3 Å². The number of rotatable bonds is 5. The Morgan fingerprint density at radius 2 is 1.97 bits per heavy atom. The van der Waals surface area contributed by atoms with Crippen molar-refractivity contribution in [3.8, 4) is 17.0 Å². The number of hydrogen-bond acceptors (Lipinski definition) is 6. The molecule has 1 N–H and O–H groups in total. The van der Waals surface area contributed by atoms with Crippen LogP contribution in [0.1, 0.15) is 22.4 Å². The van der Waals surface area contributed by atoms with E-state index in [9.17, 15) is 9.59 Å². The van der Waals surface area contributed by atoms with Crippen molar-refractivity contribution in [2.24, 2.45) is 0 Å². The largest absolute Gasteiger partial charge is 0.484 e. The van der Waals surface area contributed by atoms with Gasteiger partial charge < -0.3 is 9.15 Å². The highest BCUT2D eigenvalue weighted by atomic mass is 35.5. The lowest BCUT2D eigenvalue weighted by molar-refractivity contribution is -0.118. The minimum atomic E-state index is -0.322. The smallest absolute Gasteiger partial charge is 0.339 e. The Morgan fingerprint density at radius 3 is 2.78 bits per heavy atom. The van der Waals surface area contributed by atoms with E-state index >= 15 is 0 Å². The average molecular weight is 467 g/mol. The molecule has 0 fully saturated rings. The number of hydrogen-bond donors (Lipinski definition) is 1. The lowest BCUT2D eigenvalue weighted by Crippen LogP contribution is -2.20. The Hall–Kier alpha value is -3.16. The Kier molecular flexibility index (Phi) is 5.45. The van der Waals surface area contributed by atoms with Gasteiger partial charge in [0, 0.05) is 32.5 Å². The average Bonchev–Trinajstić information content (AvgIpc) is 3.40. The van der Waals surface area contributed by atoms with E-state index in [1.165, 1.54) is 11.3 Å². The molecule has 6 nitrogen and oxygen atoms in total. The van der Waals surface area contributed by atoms with Crippen LogP contribution in [0, 0.1) is 6.92 Å². The Bertz CT molecular complexity index is 1390. The normalized spacial score (nSPS) is 12.7. The van der Waals surface area contributed by atoms with Gasteiger partial charge in [-0.3, -0.25) is 10.1 Å². The fraction of sp³-hybridized carbons (Fsp3) is 0.208. The third-order valence-electron chi connectivity index (χ3n) is 5.48. The van der Waals surface area contributed by atoms with Crippen LogP contribution >= 0.6 is 22.9 Å². The van der Waals surface area contributed by atoms with Crippen molar-refractivity contribution in [1.29, 1.82) is 0 Å². The first-order valence-electron chi connectivity index (χ1n) is 10.2. The molecule has 0 unspecified atom stereocenters. The number of aromatic nitrogens is 1. The van der Waals surface area contributed by atoms with Gasteiger partial charge in [0.05, 0.1) is 5.69 Å². The van der Waals surface area contributed by atoms with Crippen molar-refractivity contribution in [2.75, 3.05) is 11.9 Å². The first kappa shape index (κ1) is 20.7. The van der Waals surface area contributed by atoms with Crippen LogP contribution in [0.3, 0.4) is 0 Å². The summed E-state index contributed by atoms with van der Waals surface area (Å²) in [7, 11) is 0. The molecule has 162 valence electrons. The van der Waals surface area contributed by atoms with E-state index in [-0.39, 0.29) is 18.1 Å². The summed E-state index contributed by atoms with van der Waals surface area (Å²) in [4.78, 5) is 30.1. The Labute approximate surface area is 192 Å². The number of carbonyl (C=O) groups is 1. The molecule has 0 bridgehead atoms. The number of carbonyl (C=O) groups excluding carboxylic acids is 1. The Balaban J connectivity index is 1.27. The lowest BCUT2D eigenvalue weighted by Gasteiger charge is -2.08. The van der Waals surface area contributed by atoms with E-state index < -0.39 is 0 Å². The van der Waals surface area contributed by atoms with Gasteiger partial charge in [-0.1, -0.05) is 23.7 Å². The summed E-state index contributed by atoms with van der Waals surface area (Å²) in [5.74, 6) is 0.142. The third kappa shape index (κ3) is 4.01. The predicted molar refractivity (Wildman–Crippen MR) is 126 cm³/mol. The van der Waals surface area contributed by atoms with E-state index in [2.05, 4.69) is 10.3 Å². The van der Waals surface area contributed by atoms with E-state index in [0.29, 0.717) is 21.5 Å². The van der Waals surface area contributed by atoms with Gasteiger partial charge in [0.15, 0.2) is 11.7 Å². The molecule has 0 saturated heterocycles. The molecule has 0 spiro atoms. The highest BCUT2D eigenvalue weighted by Gasteiger charge is 2.20. The highest BCUT2D eigenvalue weighted by Crippen LogP contribution is 2.32. The van der Waals surface area contributed by atoms with E-state index in [4.69, 9.17) is 20.8 Å². The minimum Gasteiger partial charge on any atom is -0.484 e. The molecule has 0 aliphatic heterocycles. The molecule has 2 heterocycles. The molecule has 8 heteroatoms. The minimum absolute atomic E-state index is 0.185. The second kappa shape index (κ2) is 8.41. The first-order chi connectivity index (χ1) is 15.5. The predicted octanol–water partition coefficient (Wildman–Crippen LogP) is 5.38. The zero-order chi connectivity index (χ0) is 22.2. The highest BCUT2D eigenvalue weighted by molar-refractivity contribution is 7.16. The number of amides is 1. The molecule has 1 aliphatic carbocycles. The van der Waals surface area contributed by atoms with Crippen LogP contribution in [0.2, 0.25) is 5.02 Å². The molecular formula is C24H19ClN2O4S. The fourth-order valence-corrected chi connectivity index (χ4v) is 4.96. The van der Waals surface area contributed by atoms with Crippen molar-refractivity contribution < 1.29 is 13.9 Å². The molecule has 5 rings (SSSR count). The first-order valence-corrected chi connectivity index (χ1v) is 11.4. The number of anilines is 1. The van der Waals surface area contributed by atoms with Gasteiger partial charge in [-0.25, -0.2) is 9.78 Å². The van der Waals surface area contributed by atoms with E-state index in [1.54, 1.807) is 12.1 Å². The van der Waals surface area contributed by atoms with Crippen LogP contribution in [-0.4, -0.2) is 17.5 Å². The number of halogens is 1. The van der Waals surface area contributed by atoms with Gasteiger partial charge in [-0.2, -0.15) is 0 Å². The number of ether oxygens (including phenoxy) is 1. The third-order valence-corrected chi connectivity index (χ3v) is 6.61. The summed E-state index contributed by atoms with van der Waals surface area (Å²) in [6, 6.07) is 12.7. The van der Waals surface area contributed by atoms with Gasteiger partial charge in [0.25, 0.3) is 5.91 Å². The number of nitrogens with one attached hydrogen (secondary N) is 1. The maximum Gasteiger partial charge on any atom is 0.339 e. The Morgan fingerprint density at radius 1 is 1.19 bits per heavy atom. The second-order valence-electron chi connectivity index (χ2n) is 7.63. The molecule has 2 aromatic heterocycles. The number of aryl methyl sites for hydroxylation is 2. The number of fused-ring (bicyclic) bond motifs is 3. The van der Waals surface area contributed by atoms with Crippen molar-refractivity contribution in [3.05, 3.63) is 73.9 Å². The van der Waals surface area contributed by atoms with Gasteiger partial charge >= 0.3 is 5.63 Å². The van der Waals surface area contributed by atoms with Crippen molar-refractivity contribution in [3.63, 3.8) is 0 Å². The molecule has 2 aromatic carbocycles. The SMILES string of the molecule is Cc1sc(NC(=O)COc2ccc3c4c(c(=O)oc3c2)CCC4)nc1-c1ccc(Cl)cc1. The molecule has 4 aromatic rings. The summed E-state index contributed by atoms with van der Waals surface area (Å²) < 4.78 is 11.1. The van der Waals surface area contributed by atoms with Crippen LogP contribution < -0.4 is 15.7 Å². The second-order valence-corrected chi connectivity index (χ2v) is 9.27. The monoisotopic (exact) mass is 466 g/mol. The summed E-state index contributed by atoms with van der Waals surface area (Å²) >= 11 is 7.35. The summed E-state index contributed by atoms with van der Waals surface area (Å²) in [5, 5.41) is 4.87. The summed E-state index contributed by atoms with van der Waals surface area (Å²) in [5.41, 5.74) is 3.79. The van der Waals surface area contributed by atoms with Crippen molar-refractivity contribution >= 4 is 44.9 Å².